The number of alkyl halides is 1. The first kappa shape index (κ1) is 12.9. The van der Waals surface area contributed by atoms with Crippen LogP contribution in [0, 0.1) is 0 Å². The summed E-state index contributed by atoms with van der Waals surface area (Å²) in [5.74, 6) is 0.909. The van der Waals surface area contributed by atoms with Crippen LogP contribution in [0.25, 0.3) is 0 Å². The van der Waals surface area contributed by atoms with Crippen LogP contribution in [0.4, 0.5) is 0 Å². The number of hydrogen-bond donors (Lipinski definition) is 0. The highest BCUT2D eigenvalue weighted by molar-refractivity contribution is 9.10. The molecule has 0 bridgehead atoms. The second kappa shape index (κ2) is 7.13. The van der Waals surface area contributed by atoms with Crippen molar-refractivity contribution < 1.29 is 4.74 Å². The number of benzene rings is 1. The Hall–Kier alpha value is -0.210. The van der Waals surface area contributed by atoms with E-state index in [1.165, 1.54) is 0 Å². The molecule has 0 aliphatic carbocycles. The molecular formula is C12H16BrClO. The van der Waals surface area contributed by atoms with Gasteiger partial charge in [-0.1, -0.05) is 28.9 Å². The SMILES string of the molecule is CCC(Cl)CCCOc1cccc(Br)c1. The Kier molecular flexibility index (Phi) is 6.11. The molecule has 0 heterocycles. The highest BCUT2D eigenvalue weighted by Gasteiger charge is 2.01. The maximum atomic E-state index is 6.01. The van der Waals surface area contributed by atoms with Crippen molar-refractivity contribution in [3.8, 4) is 5.75 Å². The van der Waals surface area contributed by atoms with Crippen LogP contribution in [-0.4, -0.2) is 12.0 Å². The Balaban J connectivity index is 2.20. The molecule has 0 aliphatic rings. The van der Waals surface area contributed by atoms with Gasteiger partial charge in [-0.2, -0.15) is 0 Å². The van der Waals surface area contributed by atoms with Crippen molar-refractivity contribution in [3.63, 3.8) is 0 Å². The molecule has 1 aromatic carbocycles. The molecule has 3 heteroatoms. The van der Waals surface area contributed by atoms with Crippen LogP contribution in [-0.2, 0) is 0 Å². The fourth-order valence-electron chi connectivity index (χ4n) is 1.26. The third kappa shape index (κ3) is 5.43. The Morgan fingerprint density at radius 2 is 2.27 bits per heavy atom. The fourth-order valence-corrected chi connectivity index (χ4v) is 1.79. The Bertz CT molecular complexity index is 291. The van der Waals surface area contributed by atoms with Crippen molar-refractivity contribution in [1.29, 1.82) is 0 Å². The highest BCUT2D eigenvalue weighted by Crippen LogP contribution is 2.18. The molecule has 0 spiro atoms. The molecule has 0 N–H and O–H groups in total. The van der Waals surface area contributed by atoms with Gasteiger partial charge >= 0.3 is 0 Å². The van der Waals surface area contributed by atoms with Gasteiger partial charge in [-0.15, -0.1) is 11.6 Å². The van der Waals surface area contributed by atoms with E-state index in [2.05, 4.69) is 22.9 Å². The Morgan fingerprint density at radius 1 is 1.47 bits per heavy atom. The smallest absolute Gasteiger partial charge is 0.120 e. The molecule has 1 aromatic rings. The first-order chi connectivity index (χ1) is 7.22. The maximum Gasteiger partial charge on any atom is 0.120 e. The molecule has 1 rings (SSSR count). The van der Waals surface area contributed by atoms with Gasteiger partial charge in [0.25, 0.3) is 0 Å². The van der Waals surface area contributed by atoms with Crippen LogP contribution in [0.2, 0.25) is 0 Å². The van der Waals surface area contributed by atoms with Gasteiger partial charge in [0.15, 0.2) is 0 Å². The van der Waals surface area contributed by atoms with Crippen LogP contribution >= 0.6 is 27.5 Å². The highest BCUT2D eigenvalue weighted by atomic mass is 79.9. The summed E-state index contributed by atoms with van der Waals surface area (Å²) < 4.78 is 6.64. The largest absolute Gasteiger partial charge is 0.494 e. The van der Waals surface area contributed by atoms with Crippen LogP contribution in [0.1, 0.15) is 26.2 Å². The van der Waals surface area contributed by atoms with E-state index in [1.807, 2.05) is 24.3 Å². The number of halogens is 2. The van der Waals surface area contributed by atoms with Gasteiger partial charge in [-0.25, -0.2) is 0 Å². The maximum absolute atomic E-state index is 6.01. The third-order valence-corrected chi connectivity index (χ3v) is 3.19. The molecule has 0 radical (unpaired) electrons. The summed E-state index contributed by atoms with van der Waals surface area (Å²) in [6, 6.07) is 7.88. The quantitative estimate of drug-likeness (QED) is 0.549. The second-order valence-electron chi connectivity index (χ2n) is 3.45. The van der Waals surface area contributed by atoms with Gasteiger partial charge in [0.1, 0.15) is 5.75 Å². The van der Waals surface area contributed by atoms with Crippen LogP contribution < -0.4 is 4.74 Å². The van der Waals surface area contributed by atoms with Crippen molar-refractivity contribution in [1.82, 2.24) is 0 Å². The van der Waals surface area contributed by atoms with E-state index in [4.69, 9.17) is 16.3 Å². The molecule has 0 fully saturated rings. The van der Waals surface area contributed by atoms with Gasteiger partial charge in [0.05, 0.1) is 6.61 Å². The Morgan fingerprint density at radius 3 is 2.93 bits per heavy atom. The summed E-state index contributed by atoms with van der Waals surface area (Å²) in [4.78, 5) is 0. The molecular weight excluding hydrogens is 275 g/mol. The zero-order chi connectivity index (χ0) is 11.1. The first-order valence-corrected chi connectivity index (χ1v) is 6.47. The molecule has 15 heavy (non-hydrogen) atoms. The van der Waals surface area contributed by atoms with E-state index < -0.39 is 0 Å². The topological polar surface area (TPSA) is 9.23 Å². The molecule has 0 saturated carbocycles. The number of ether oxygens (including phenoxy) is 1. The predicted molar refractivity (Wildman–Crippen MR) is 68.8 cm³/mol. The first-order valence-electron chi connectivity index (χ1n) is 5.24. The van der Waals surface area contributed by atoms with Crippen molar-refractivity contribution in [2.75, 3.05) is 6.61 Å². The van der Waals surface area contributed by atoms with Crippen molar-refractivity contribution >= 4 is 27.5 Å². The summed E-state index contributed by atoms with van der Waals surface area (Å²) in [5.41, 5.74) is 0. The molecule has 0 aromatic heterocycles. The fraction of sp³-hybridized carbons (Fsp3) is 0.500. The molecule has 84 valence electrons. The van der Waals surface area contributed by atoms with Gasteiger partial charge in [0, 0.05) is 9.85 Å². The molecule has 1 unspecified atom stereocenters. The average molecular weight is 292 g/mol. The average Bonchev–Trinajstić information content (AvgIpc) is 2.24. The second-order valence-corrected chi connectivity index (χ2v) is 4.99. The predicted octanol–water partition coefficient (Wildman–Crippen LogP) is 4.63. The van der Waals surface area contributed by atoms with Gasteiger partial charge in [-0.05, 0) is 37.5 Å². The summed E-state index contributed by atoms with van der Waals surface area (Å²) in [6.07, 6.45) is 3.05. The minimum atomic E-state index is 0.288. The lowest BCUT2D eigenvalue weighted by atomic mass is 10.2. The summed E-state index contributed by atoms with van der Waals surface area (Å²) >= 11 is 9.41. The van der Waals surface area contributed by atoms with Gasteiger partial charge < -0.3 is 4.74 Å². The molecule has 1 atom stereocenters. The van der Waals surface area contributed by atoms with Crippen molar-refractivity contribution in [3.05, 3.63) is 28.7 Å². The molecule has 0 saturated heterocycles. The molecule has 1 nitrogen and oxygen atoms in total. The number of rotatable bonds is 6. The minimum Gasteiger partial charge on any atom is -0.494 e. The monoisotopic (exact) mass is 290 g/mol. The molecule has 0 aliphatic heterocycles. The third-order valence-electron chi connectivity index (χ3n) is 2.17. The van der Waals surface area contributed by atoms with Crippen molar-refractivity contribution in [2.24, 2.45) is 0 Å². The normalized spacial score (nSPS) is 12.5. The summed E-state index contributed by atoms with van der Waals surface area (Å²) in [5, 5.41) is 0.288. The van der Waals surface area contributed by atoms with Crippen LogP contribution in [0.15, 0.2) is 28.7 Å². The van der Waals surface area contributed by atoms with Crippen LogP contribution in [0.3, 0.4) is 0 Å². The standard InChI is InChI=1S/C12H16BrClO/c1-2-11(14)6-4-8-15-12-7-3-5-10(13)9-12/h3,5,7,9,11H,2,4,6,8H2,1H3. The van der Waals surface area contributed by atoms with E-state index in [0.29, 0.717) is 0 Å². The minimum absolute atomic E-state index is 0.288. The summed E-state index contributed by atoms with van der Waals surface area (Å²) in [7, 11) is 0. The number of hydrogen-bond acceptors (Lipinski definition) is 1. The zero-order valence-corrected chi connectivity index (χ0v) is 11.2. The van der Waals surface area contributed by atoms with E-state index in [9.17, 15) is 0 Å². The van der Waals surface area contributed by atoms with Crippen LogP contribution in [0.5, 0.6) is 5.75 Å². The Labute approximate surface area is 105 Å². The lowest BCUT2D eigenvalue weighted by Crippen LogP contribution is -2.02. The van der Waals surface area contributed by atoms with Gasteiger partial charge in [-0.3, -0.25) is 0 Å². The lowest BCUT2D eigenvalue weighted by molar-refractivity contribution is 0.305. The van der Waals surface area contributed by atoms with Gasteiger partial charge in [0.2, 0.25) is 0 Å². The lowest BCUT2D eigenvalue weighted by Gasteiger charge is -2.08. The molecule has 0 amide bonds. The zero-order valence-electron chi connectivity index (χ0n) is 8.88. The van der Waals surface area contributed by atoms with Crippen molar-refractivity contribution in [2.45, 2.75) is 31.6 Å². The summed E-state index contributed by atoms with van der Waals surface area (Å²) in [6.45, 7) is 2.84. The van der Waals surface area contributed by atoms with E-state index in [-0.39, 0.29) is 5.38 Å². The van der Waals surface area contributed by atoms with E-state index in [0.717, 1.165) is 36.1 Å². The van der Waals surface area contributed by atoms with E-state index >= 15 is 0 Å². The van der Waals surface area contributed by atoms with E-state index in [1.54, 1.807) is 0 Å².